The van der Waals surface area contributed by atoms with Crippen molar-refractivity contribution in [3.8, 4) is 5.69 Å². The number of halogens is 2. The lowest BCUT2D eigenvalue weighted by atomic mass is 10.1. The van der Waals surface area contributed by atoms with Gasteiger partial charge in [0.15, 0.2) is 0 Å². The van der Waals surface area contributed by atoms with Crippen LogP contribution in [0.2, 0.25) is 10.0 Å². The van der Waals surface area contributed by atoms with Gasteiger partial charge in [-0.15, -0.1) is 5.10 Å². The van der Waals surface area contributed by atoms with Crippen LogP contribution >= 0.6 is 23.2 Å². The van der Waals surface area contributed by atoms with Gasteiger partial charge >= 0.3 is 0 Å². The molecule has 5 nitrogen and oxygen atoms in total. The van der Waals surface area contributed by atoms with Crippen LogP contribution in [0.1, 0.15) is 12.1 Å². The maximum absolute atomic E-state index is 6.05. The van der Waals surface area contributed by atoms with E-state index in [4.69, 9.17) is 27.9 Å². The summed E-state index contributed by atoms with van der Waals surface area (Å²) in [4.78, 5) is 2.39. The Balaban J connectivity index is 1.46. The second kappa shape index (κ2) is 5.81. The lowest BCUT2D eigenvalue weighted by Gasteiger charge is -2.14. The first-order chi connectivity index (χ1) is 10.7. The minimum absolute atomic E-state index is 0.408. The van der Waals surface area contributed by atoms with E-state index in [1.165, 1.54) is 6.42 Å². The standard InChI is InChI=1S/C15H16Cl2N4O/c16-13-2-1-12(5-14(13)17)21-8-11(18-19-21)7-20-6-10-3-4-22-15(10)9-20/h1-2,5,8,10,15H,3-4,6-7,9H2/t10-,15+/m0/s1. The fourth-order valence-electron chi connectivity index (χ4n) is 3.25. The fourth-order valence-corrected chi connectivity index (χ4v) is 3.54. The molecule has 2 atom stereocenters. The topological polar surface area (TPSA) is 43.2 Å². The van der Waals surface area contributed by atoms with Gasteiger partial charge in [-0.2, -0.15) is 0 Å². The third-order valence-corrected chi connectivity index (χ3v) is 5.11. The molecule has 2 fully saturated rings. The van der Waals surface area contributed by atoms with Crippen molar-refractivity contribution in [3.05, 3.63) is 40.1 Å². The number of ether oxygens (including phenoxy) is 1. The van der Waals surface area contributed by atoms with E-state index in [-0.39, 0.29) is 0 Å². The molecule has 2 aliphatic rings. The molecule has 2 aliphatic heterocycles. The van der Waals surface area contributed by atoms with Crippen molar-refractivity contribution < 1.29 is 4.74 Å². The van der Waals surface area contributed by atoms with Gasteiger partial charge in [0.1, 0.15) is 0 Å². The van der Waals surface area contributed by atoms with E-state index < -0.39 is 0 Å². The Morgan fingerprint density at radius 2 is 2.14 bits per heavy atom. The van der Waals surface area contributed by atoms with E-state index in [1.807, 2.05) is 12.3 Å². The van der Waals surface area contributed by atoms with E-state index in [2.05, 4.69) is 15.2 Å². The number of rotatable bonds is 3. The zero-order chi connectivity index (χ0) is 15.1. The van der Waals surface area contributed by atoms with Crippen molar-refractivity contribution in [3.63, 3.8) is 0 Å². The van der Waals surface area contributed by atoms with Crippen LogP contribution in [0.25, 0.3) is 5.69 Å². The molecule has 4 rings (SSSR count). The van der Waals surface area contributed by atoms with Crippen molar-refractivity contribution >= 4 is 23.2 Å². The Labute approximate surface area is 138 Å². The second-order valence-corrected chi connectivity index (χ2v) is 6.72. The average Bonchev–Trinajstić information content (AvgIpc) is 3.18. The highest BCUT2D eigenvalue weighted by atomic mass is 35.5. The average molecular weight is 339 g/mol. The molecule has 0 radical (unpaired) electrons. The molecule has 1 aromatic carbocycles. The van der Waals surface area contributed by atoms with Crippen LogP contribution in [-0.4, -0.2) is 45.7 Å². The third-order valence-electron chi connectivity index (χ3n) is 4.37. The van der Waals surface area contributed by atoms with E-state index in [0.717, 1.165) is 37.6 Å². The van der Waals surface area contributed by atoms with Gasteiger partial charge in [-0.3, -0.25) is 4.90 Å². The number of aromatic nitrogens is 3. The molecule has 22 heavy (non-hydrogen) atoms. The maximum Gasteiger partial charge on any atom is 0.0971 e. The van der Waals surface area contributed by atoms with Crippen molar-refractivity contribution in [1.82, 2.24) is 19.9 Å². The Hall–Kier alpha value is -1.14. The first-order valence-electron chi connectivity index (χ1n) is 7.39. The molecule has 0 saturated carbocycles. The number of fused-ring (bicyclic) bond motifs is 1. The Morgan fingerprint density at radius 1 is 1.23 bits per heavy atom. The number of hydrogen-bond acceptors (Lipinski definition) is 4. The summed E-state index contributed by atoms with van der Waals surface area (Å²) >= 11 is 12.0. The van der Waals surface area contributed by atoms with Gasteiger partial charge in [0.05, 0.1) is 33.7 Å². The largest absolute Gasteiger partial charge is 0.377 e. The molecule has 1 aromatic heterocycles. The van der Waals surface area contributed by atoms with Gasteiger partial charge < -0.3 is 4.74 Å². The minimum Gasteiger partial charge on any atom is -0.377 e. The molecule has 2 aromatic rings. The van der Waals surface area contributed by atoms with Crippen molar-refractivity contribution in [2.45, 2.75) is 19.1 Å². The van der Waals surface area contributed by atoms with Gasteiger partial charge in [-0.1, -0.05) is 28.4 Å². The minimum atomic E-state index is 0.408. The molecule has 0 N–H and O–H groups in total. The van der Waals surface area contributed by atoms with Crippen LogP contribution in [-0.2, 0) is 11.3 Å². The molecule has 2 saturated heterocycles. The summed E-state index contributed by atoms with van der Waals surface area (Å²) < 4.78 is 7.46. The highest BCUT2D eigenvalue weighted by molar-refractivity contribution is 6.42. The van der Waals surface area contributed by atoms with Gasteiger partial charge in [-0.25, -0.2) is 4.68 Å². The first kappa shape index (κ1) is 14.5. The number of hydrogen-bond donors (Lipinski definition) is 0. The summed E-state index contributed by atoms with van der Waals surface area (Å²) in [5, 5.41) is 9.49. The van der Waals surface area contributed by atoms with Gasteiger partial charge in [0, 0.05) is 32.2 Å². The summed E-state index contributed by atoms with van der Waals surface area (Å²) in [6, 6.07) is 5.43. The van der Waals surface area contributed by atoms with Crippen LogP contribution in [0.3, 0.4) is 0 Å². The Morgan fingerprint density at radius 3 is 2.95 bits per heavy atom. The predicted octanol–water partition coefficient (Wildman–Crippen LogP) is 2.79. The SMILES string of the molecule is Clc1ccc(-n2cc(CN3C[C@@H]4CCO[C@@H]4C3)nn2)cc1Cl. The van der Waals surface area contributed by atoms with E-state index in [1.54, 1.807) is 16.8 Å². The fraction of sp³-hybridized carbons (Fsp3) is 0.467. The molecule has 0 unspecified atom stereocenters. The van der Waals surface area contributed by atoms with Crippen LogP contribution in [0.15, 0.2) is 24.4 Å². The molecule has 0 spiro atoms. The Kier molecular flexibility index (Phi) is 3.82. The van der Waals surface area contributed by atoms with Gasteiger partial charge in [0.2, 0.25) is 0 Å². The summed E-state index contributed by atoms with van der Waals surface area (Å²) in [5.41, 5.74) is 1.81. The molecular weight excluding hydrogens is 323 g/mol. The zero-order valence-corrected chi connectivity index (χ0v) is 13.5. The molecule has 116 valence electrons. The molecule has 0 bridgehead atoms. The molecular formula is C15H16Cl2N4O. The lowest BCUT2D eigenvalue weighted by Crippen LogP contribution is -2.23. The summed E-state index contributed by atoms with van der Waals surface area (Å²) in [6.45, 7) is 3.79. The van der Waals surface area contributed by atoms with Crippen molar-refractivity contribution in [2.24, 2.45) is 5.92 Å². The Bertz CT molecular complexity index is 678. The predicted molar refractivity (Wildman–Crippen MR) is 84.5 cm³/mol. The van der Waals surface area contributed by atoms with Crippen molar-refractivity contribution in [1.29, 1.82) is 0 Å². The number of benzene rings is 1. The highest BCUT2D eigenvalue weighted by Crippen LogP contribution is 2.29. The van der Waals surface area contributed by atoms with E-state index in [9.17, 15) is 0 Å². The maximum atomic E-state index is 6.05. The smallest absolute Gasteiger partial charge is 0.0971 e. The quantitative estimate of drug-likeness (QED) is 0.863. The van der Waals surface area contributed by atoms with Crippen LogP contribution < -0.4 is 0 Å². The highest BCUT2D eigenvalue weighted by Gasteiger charge is 2.37. The number of likely N-dealkylation sites (tertiary alicyclic amines) is 1. The second-order valence-electron chi connectivity index (χ2n) is 5.90. The van der Waals surface area contributed by atoms with E-state index >= 15 is 0 Å². The molecule has 0 aliphatic carbocycles. The molecule has 0 amide bonds. The van der Waals surface area contributed by atoms with Crippen LogP contribution in [0.4, 0.5) is 0 Å². The molecule has 3 heterocycles. The third kappa shape index (κ3) is 2.74. The van der Waals surface area contributed by atoms with Crippen LogP contribution in [0.5, 0.6) is 0 Å². The number of nitrogens with zero attached hydrogens (tertiary/aromatic N) is 4. The summed E-state index contributed by atoms with van der Waals surface area (Å²) in [5.74, 6) is 0.685. The zero-order valence-electron chi connectivity index (χ0n) is 12.0. The van der Waals surface area contributed by atoms with E-state index in [0.29, 0.717) is 22.1 Å². The first-order valence-corrected chi connectivity index (χ1v) is 8.15. The molecule has 7 heteroatoms. The lowest BCUT2D eigenvalue weighted by molar-refractivity contribution is 0.0982. The summed E-state index contributed by atoms with van der Waals surface area (Å²) in [7, 11) is 0. The van der Waals surface area contributed by atoms with Crippen LogP contribution in [0, 0.1) is 5.92 Å². The normalized spacial score (nSPS) is 24.8. The summed E-state index contributed by atoms with van der Waals surface area (Å²) in [6.07, 6.45) is 3.52. The monoisotopic (exact) mass is 338 g/mol. The van der Waals surface area contributed by atoms with Gasteiger partial charge in [-0.05, 0) is 24.6 Å². The van der Waals surface area contributed by atoms with Crippen molar-refractivity contribution in [2.75, 3.05) is 19.7 Å². The van der Waals surface area contributed by atoms with Gasteiger partial charge in [0.25, 0.3) is 0 Å².